The lowest BCUT2D eigenvalue weighted by atomic mass is 10.0. The molecule has 1 aliphatic rings. The van der Waals surface area contributed by atoms with Gasteiger partial charge >= 0.3 is 6.09 Å². The number of hydrogen-bond acceptors (Lipinski definition) is 3. The van der Waals surface area contributed by atoms with E-state index in [0.717, 1.165) is 12.0 Å². The molecular formula is C15H22N2O2. The van der Waals surface area contributed by atoms with Crippen molar-refractivity contribution in [2.75, 3.05) is 13.1 Å². The summed E-state index contributed by atoms with van der Waals surface area (Å²) in [6.07, 6.45) is 0.549. The zero-order chi connectivity index (χ0) is 14.0. The van der Waals surface area contributed by atoms with Crippen LogP contribution in [0.4, 0.5) is 4.79 Å². The van der Waals surface area contributed by atoms with Crippen LogP contribution >= 0.6 is 0 Å². The highest BCUT2D eigenvalue weighted by atomic mass is 16.6. The maximum atomic E-state index is 12.0. The van der Waals surface area contributed by atoms with Gasteiger partial charge in [0, 0.05) is 19.1 Å². The smallest absolute Gasteiger partial charge is 0.410 e. The summed E-state index contributed by atoms with van der Waals surface area (Å²) >= 11 is 0. The molecule has 2 rings (SSSR count). The molecule has 0 radical (unpaired) electrons. The van der Waals surface area contributed by atoms with Crippen LogP contribution < -0.4 is 10.5 Å². The molecule has 1 heterocycles. The van der Waals surface area contributed by atoms with Crippen LogP contribution in [0.15, 0.2) is 18.2 Å². The van der Waals surface area contributed by atoms with Gasteiger partial charge in [-0.15, -0.1) is 0 Å². The van der Waals surface area contributed by atoms with Crippen molar-refractivity contribution >= 4 is 6.09 Å². The Kier molecular flexibility index (Phi) is 4.10. The van der Waals surface area contributed by atoms with Crippen LogP contribution in [0.2, 0.25) is 0 Å². The van der Waals surface area contributed by atoms with Crippen LogP contribution in [0.25, 0.3) is 0 Å². The zero-order valence-electron chi connectivity index (χ0n) is 11.8. The van der Waals surface area contributed by atoms with Gasteiger partial charge in [-0.3, -0.25) is 0 Å². The molecule has 19 heavy (non-hydrogen) atoms. The van der Waals surface area contributed by atoms with Gasteiger partial charge in [0.2, 0.25) is 0 Å². The standard InChI is InChI=1S/C15H22N2O2/c1-10(2)12-6-11(3)7-14(8-12)19-15(18)17-5-4-13(16)9-17/h6-8,10,13H,4-5,9,16H2,1-3H3/t13-/m1/s1. The number of amides is 1. The minimum Gasteiger partial charge on any atom is -0.410 e. The maximum Gasteiger partial charge on any atom is 0.415 e. The van der Waals surface area contributed by atoms with Crippen molar-refractivity contribution in [3.8, 4) is 5.75 Å². The first-order chi connectivity index (χ1) is 8.95. The molecule has 1 aromatic carbocycles. The summed E-state index contributed by atoms with van der Waals surface area (Å²) in [5.41, 5.74) is 8.08. The monoisotopic (exact) mass is 262 g/mol. The van der Waals surface area contributed by atoms with Crippen molar-refractivity contribution in [1.29, 1.82) is 0 Å². The summed E-state index contributed by atoms with van der Waals surface area (Å²) < 4.78 is 5.45. The van der Waals surface area contributed by atoms with Crippen LogP contribution in [0.5, 0.6) is 5.75 Å². The van der Waals surface area contributed by atoms with E-state index in [2.05, 4.69) is 19.9 Å². The fourth-order valence-electron chi connectivity index (χ4n) is 2.29. The second kappa shape index (κ2) is 5.61. The molecule has 1 atom stereocenters. The molecule has 0 spiro atoms. The van der Waals surface area contributed by atoms with Gasteiger partial charge in [-0.1, -0.05) is 19.9 Å². The number of benzene rings is 1. The number of nitrogens with two attached hydrogens (primary N) is 1. The third kappa shape index (κ3) is 3.47. The van der Waals surface area contributed by atoms with Crippen molar-refractivity contribution in [1.82, 2.24) is 4.90 Å². The first kappa shape index (κ1) is 13.9. The van der Waals surface area contributed by atoms with E-state index in [1.807, 2.05) is 19.1 Å². The summed E-state index contributed by atoms with van der Waals surface area (Å²) in [5.74, 6) is 1.03. The van der Waals surface area contributed by atoms with E-state index in [0.29, 0.717) is 24.8 Å². The molecule has 0 unspecified atom stereocenters. The average molecular weight is 262 g/mol. The van der Waals surface area contributed by atoms with E-state index < -0.39 is 0 Å². The molecule has 0 bridgehead atoms. The van der Waals surface area contributed by atoms with E-state index >= 15 is 0 Å². The SMILES string of the molecule is Cc1cc(OC(=O)N2CC[C@@H](N)C2)cc(C(C)C)c1. The summed E-state index contributed by atoms with van der Waals surface area (Å²) in [6, 6.07) is 6.02. The highest BCUT2D eigenvalue weighted by Gasteiger charge is 2.25. The fraction of sp³-hybridized carbons (Fsp3) is 0.533. The third-order valence-corrected chi connectivity index (χ3v) is 3.43. The van der Waals surface area contributed by atoms with Crippen molar-refractivity contribution in [3.05, 3.63) is 29.3 Å². The molecular weight excluding hydrogens is 240 g/mol. The Morgan fingerprint density at radius 1 is 1.42 bits per heavy atom. The van der Waals surface area contributed by atoms with E-state index in [-0.39, 0.29) is 12.1 Å². The molecule has 0 saturated carbocycles. The van der Waals surface area contributed by atoms with Gasteiger partial charge < -0.3 is 15.4 Å². The molecule has 1 amide bonds. The lowest BCUT2D eigenvalue weighted by molar-refractivity contribution is 0.162. The fourth-order valence-corrected chi connectivity index (χ4v) is 2.29. The molecule has 2 N–H and O–H groups in total. The van der Waals surface area contributed by atoms with E-state index in [4.69, 9.17) is 10.5 Å². The van der Waals surface area contributed by atoms with E-state index in [9.17, 15) is 4.79 Å². The number of hydrogen-bond donors (Lipinski definition) is 1. The summed E-state index contributed by atoms with van der Waals surface area (Å²) in [6.45, 7) is 7.53. The average Bonchev–Trinajstić information content (AvgIpc) is 2.75. The molecule has 0 aromatic heterocycles. The molecule has 4 nitrogen and oxygen atoms in total. The van der Waals surface area contributed by atoms with Crippen LogP contribution in [0.1, 0.15) is 37.3 Å². The van der Waals surface area contributed by atoms with Gasteiger partial charge in [0.1, 0.15) is 5.75 Å². The Balaban J connectivity index is 2.08. The normalized spacial score (nSPS) is 19.0. The Morgan fingerprint density at radius 3 is 2.74 bits per heavy atom. The Morgan fingerprint density at radius 2 is 2.16 bits per heavy atom. The van der Waals surface area contributed by atoms with Crippen molar-refractivity contribution in [2.45, 2.75) is 39.2 Å². The lowest BCUT2D eigenvalue weighted by Gasteiger charge is -2.16. The predicted molar refractivity (Wildman–Crippen MR) is 75.5 cm³/mol. The first-order valence-corrected chi connectivity index (χ1v) is 6.79. The highest BCUT2D eigenvalue weighted by Crippen LogP contribution is 2.23. The number of aryl methyl sites for hydroxylation is 1. The quantitative estimate of drug-likeness (QED) is 0.891. The van der Waals surface area contributed by atoms with Crippen molar-refractivity contribution in [2.24, 2.45) is 5.73 Å². The minimum absolute atomic E-state index is 0.0799. The molecule has 1 saturated heterocycles. The number of carbonyl (C=O) groups is 1. The summed E-state index contributed by atoms with van der Waals surface area (Å²) in [4.78, 5) is 13.7. The highest BCUT2D eigenvalue weighted by molar-refractivity contribution is 5.71. The number of rotatable bonds is 2. The molecule has 4 heteroatoms. The molecule has 1 aliphatic heterocycles. The number of carbonyl (C=O) groups excluding carboxylic acids is 1. The molecule has 0 aliphatic carbocycles. The predicted octanol–water partition coefficient (Wildman–Crippen LogP) is 2.65. The van der Waals surface area contributed by atoms with Gasteiger partial charge in [0.05, 0.1) is 0 Å². The number of ether oxygens (including phenoxy) is 1. The topological polar surface area (TPSA) is 55.6 Å². The first-order valence-electron chi connectivity index (χ1n) is 6.79. The van der Waals surface area contributed by atoms with Crippen LogP contribution in [0, 0.1) is 6.92 Å². The van der Waals surface area contributed by atoms with E-state index in [1.165, 1.54) is 5.56 Å². The Bertz CT molecular complexity index is 471. The number of likely N-dealkylation sites (tertiary alicyclic amines) is 1. The van der Waals surface area contributed by atoms with Crippen LogP contribution in [0.3, 0.4) is 0 Å². The van der Waals surface area contributed by atoms with Gasteiger partial charge in [0.25, 0.3) is 0 Å². The molecule has 1 fully saturated rings. The molecule has 104 valence electrons. The van der Waals surface area contributed by atoms with Gasteiger partial charge in [-0.25, -0.2) is 4.79 Å². The van der Waals surface area contributed by atoms with Crippen molar-refractivity contribution in [3.63, 3.8) is 0 Å². The zero-order valence-corrected chi connectivity index (χ0v) is 11.8. The van der Waals surface area contributed by atoms with Gasteiger partial charge in [0.15, 0.2) is 0 Å². The number of nitrogens with zero attached hydrogens (tertiary/aromatic N) is 1. The summed E-state index contributed by atoms with van der Waals surface area (Å²) in [5, 5.41) is 0. The second-order valence-corrected chi connectivity index (χ2v) is 5.60. The maximum absolute atomic E-state index is 12.0. The minimum atomic E-state index is -0.298. The third-order valence-electron chi connectivity index (χ3n) is 3.43. The largest absolute Gasteiger partial charge is 0.415 e. The van der Waals surface area contributed by atoms with Gasteiger partial charge in [-0.05, 0) is 42.5 Å². The lowest BCUT2D eigenvalue weighted by Crippen LogP contribution is -2.34. The molecule has 1 aromatic rings. The Hall–Kier alpha value is -1.55. The Labute approximate surface area is 114 Å². The summed E-state index contributed by atoms with van der Waals surface area (Å²) in [7, 11) is 0. The van der Waals surface area contributed by atoms with Crippen LogP contribution in [-0.4, -0.2) is 30.1 Å². The second-order valence-electron chi connectivity index (χ2n) is 5.60. The van der Waals surface area contributed by atoms with Gasteiger partial charge in [-0.2, -0.15) is 0 Å². The van der Waals surface area contributed by atoms with E-state index in [1.54, 1.807) is 4.90 Å². The van der Waals surface area contributed by atoms with Crippen LogP contribution in [-0.2, 0) is 0 Å². The van der Waals surface area contributed by atoms with Crippen molar-refractivity contribution < 1.29 is 9.53 Å².